The smallest absolute Gasteiger partial charge is 0.273 e. The van der Waals surface area contributed by atoms with Crippen LogP contribution in [0.2, 0.25) is 0 Å². The van der Waals surface area contributed by atoms with Crippen molar-refractivity contribution in [1.29, 1.82) is 0 Å². The lowest BCUT2D eigenvalue weighted by atomic mass is 9.98. The first-order valence-electron chi connectivity index (χ1n) is 10.3. The van der Waals surface area contributed by atoms with Gasteiger partial charge in [-0.25, -0.2) is 4.98 Å². The summed E-state index contributed by atoms with van der Waals surface area (Å²) in [7, 11) is 3.27. The van der Waals surface area contributed by atoms with Crippen molar-refractivity contribution in [2.24, 2.45) is 0 Å². The topological polar surface area (TPSA) is 107 Å². The lowest BCUT2D eigenvalue weighted by molar-refractivity contribution is -0.385. The number of nitro groups is 1. The Morgan fingerprint density at radius 3 is 2.64 bits per heavy atom. The average molecular weight is 469 g/mol. The fraction of sp³-hybridized carbons (Fsp3) is 0.304. The highest BCUT2D eigenvalue weighted by Gasteiger charge is 2.21. The Kier molecular flexibility index (Phi) is 6.57. The predicted octanol–water partition coefficient (Wildman–Crippen LogP) is 4.19. The molecule has 0 radical (unpaired) electrons. The first kappa shape index (κ1) is 22.7. The van der Waals surface area contributed by atoms with Gasteiger partial charge in [-0.15, -0.1) is 11.3 Å². The van der Waals surface area contributed by atoms with Gasteiger partial charge in [0, 0.05) is 42.2 Å². The Balaban J connectivity index is 1.41. The number of hydrogen-bond donors (Lipinski definition) is 1. The molecule has 4 rings (SSSR count). The largest absolute Gasteiger partial charge is 0.493 e. The first-order valence-corrected chi connectivity index (χ1v) is 11.2. The zero-order valence-electron chi connectivity index (χ0n) is 18.6. The van der Waals surface area contributed by atoms with Crippen LogP contribution in [-0.2, 0) is 19.5 Å². The number of nitrogens with one attached hydrogen (secondary N) is 1. The van der Waals surface area contributed by atoms with E-state index in [0.717, 1.165) is 31.0 Å². The molecule has 10 heteroatoms. The van der Waals surface area contributed by atoms with Crippen molar-refractivity contribution < 1.29 is 19.2 Å². The molecule has 1 aliphatic rings. The number of benzene rings is 2. The van der Waals surface area contributed by atoms with Gasteiger partial charge in [0.15, 0.2) is 16.6 Å². The van der Waals surface area contributed by atoms with E-state index < -0.39 is 10.8 Å². The number of ether oxygens (including phenoxy) is 2. The van der Waals surface area contributed by atoms with Crippen molar-refractivity contribution in [3.63, 3.8) is 0 Å². The minimum atomic E-state index is -0.490. The van der Waals surface area contributed by atoms with Gasteiger partial charge in [0.2, 0.25) is 0 Å². The van der Waals surface area contributed by atoms with Gasteiger partial charge in [-0.2, -0.15) is 0 Å². The summed E-state index contributed by atoms with van der Waals surface area (Å²) in [4.78, 5) is 30.0. The third-order valence-electron chi connectivity index (χ3n) is 5.62. The zero-order valence-corrected chi connectivity index (χ0v) is 19.4. The van der Waals surface area contributed by atoms with Crippen LogP contribution in [-0.4, -0.2) is 41.5 Å². The highest BCUT2D eigenvalue weighted by molar-refractivity contribution is 7.14. The van der Waals surface area contributed by atoms with E-state index in [-0.39, 0.29) is 11.3 Å². The van der Waals surface area contributed by atoms with Crippen LogP contribution in [0.5, 0.6) is 11.5 Å². The number of aryl methyl sites for hydroxylation is 1. The Hall–Kier alpha value is -3.50. The van der Waals surface area contributed by atoms with Crippen molar-refractivity contribution in [3.8, 4) is 11.5 Å². The molecule has 0 saturated heterocycles. The van der Waals surface area contributed by atoms with Gasteiger partial charge in [-0.05, 0) is 42.7 Å². The van der Waals surface area contributed by atoms with Gasteiger partial charge in [0.05, 0.1) is 24.8 Å². The summed E-state index contributed by atoms with van der Waals surface area (Å²) in [5.41, 5.74) is 3.95. The van der Waals surface area contributed by atoms with E-state index in [4.69, 9.17) is 9.47 Å². The molecule has 2 aromatic carbocycles. The molecule has 0 bridgehead atoms. The summed E-state index contributed by atoms with van der Waals surface area (Å²) in [6, 6.07) is 8.48. The summed E-state index contributed by atoms with van der Waals surface area (Å²) >= 11 is 1.33. The van der Waals surface area contributed by atoms with Gasteiger partial charge in [-0.1, -0.05) is 6.07 Å². The Labute approximate surface area is 195 Å². The lowest BCUT2D eigenvalue weighted by Gasteiger charge is -2.29. The molecular weight excluding hydrogens is 444 g/mol. The summed E-state index contributed by atoms with van der Waals surface area (Å²) in [5, 5.41) is 16.3. The Bertz CT molecular complexity index is 1210. The second-order valence-corrected chi connectivity index (χ2v) is 8.65. The average Bonchev–Trinajstić information content (AvgIpc) is 3.24. The van der Waals surface area contributed by atoms with Crippen LogP contribution in [0.15, 0.2) is 35.7 Å². The molecule has 172 valence electrons. The maximum atomic E-state index is 12.5. The number of nitrogens with zero attached hydrogens (tertiary/aromatic N) is 3. The van der Waals surface area contributed by atoms with Gasteiger partial charge in [0.25, 0.3) is 11.6 Å². The monoisotopic (exact) mass is 468 g/mol. The molecule has 3 aromatic rings. The number of amides is 1. The van der Waals surface area contributed by atoms with E-state index in [0.29, 0.717) is 23.0 Å². The first-order chi connectivity index (χ1) is 15.9. The van der Waals surface area contributed by atoms with Gasteiger partial charge >= 0.3 is 0 Å². The highest BCUT2D eigenvalue weighted by Crippen LogP contribution is 2.33. The standard InChI is InChI=1S/C23H24N4O5S/c1-14-4-5-16(8-19(14)27(29)30)22(28)25-23-24-18(13-33-23)12-26-7-6-15-9-20(31-2)21(32-3)10-17(15)11-26/h4-5,8-10,13H,6-7,11-12H2,1-3H3,(H,24,25,28). The van der Waals surface area contributed by atoms with Crippen LogP contribution in [0.25, 0.3) is 0 Å². The number of methoxy groups -OCH3 is 2. The number of rotatable bonds is 7. The molecule has 33 heavy (non-hydrogen) atoms. The summed E-state index contributed by atoms with van der Waals surface area (Å²) < 4.78 is 10.8. The van der Waals surface area contributed by atoms with Crippen LogP contribution >= 0.6 is 11.3 Å². The summed E-state index contributed by atoms with van der Waals surface area (Å²) in [6.07, 6.45) is 0.898. The molecule has 0 aliphatic carbocycles. The van der Waals surface area contributed by atoms with E-state index in [9.17, 15) is 14.9 Å². The van der Waals surface area contributed by atoms with E-state index >= 15 is 0 Å². The van der Waals surface area contributed by atoms with Crippen molar-refractivity contribution in [3.05, 3.63) is 73.8 Å². The molecular formula is C23H24N4O5S. The van der Waals surface area contributed by atoms with Crippen LogP contribution in [0.3, 0.4) is 0 Å². The second kappa shape index (κ2) is 9.55. The molecule has 9 nitrogen and oxygen atoms in total. The van der Waals surface area contributed by atoms with E-state index in [1.54, 1.807) is 33.3 Å². The van der Waals surface area contributed by atoms with E-state index in [1.807, 2.05) is 17.5 Å². The number of carbonyl (C=O) groups is 1. The molecule has 1 amide bonds. The quantitative estimate of drug-likeness (QED) is 0.409. The predicted molar refractivity (Wildman–Crippen MR) is 125 cm³/mol. The van der Waals surface area contributed by atoms with Crippen molar-refractivity contribution >= 4 is 28.1 Å². The van der Waals surface area contributed by atoms with Crippen LogP contribution < -0.4 is 14.8 Å². The number of hydrogen-bond acceptors (Lipinski definition) is 8. The molecule has 0 fully saturated rings. The third-order valence-corrected chi connectivity index (χ3v) is 6.43. The fourth-order valence-corrected chi connectivity index (χ4v) is 4.56. The summed E-state index contributed by atoms with van der Waals surface area (Å²) in [5.74, 6) is 1.03. The Morgan fingerprint density at radius 1 is 1.21 bits per heavy atom. The van der Waals surface area contributed by atoms with Gasteiger partial charge in [0.1, 0.15) is 0 Å². The fourth-order valence-electron chi connectivity index (χ4n) is 3.86. The number of aromatic nitrogens is 1. The maximum absolute atomic E-state index is 12.5. The molecule has 0 atom stereocenters. The lowest BCUT2D eigenvalue weighted by Crippen LogP contribution is -2.30. The van der Waals surface area contributed by atoms with Crippen molar-refractivity contribution in [2.45, 2.75) is 26.4 Å². The van der Waals surface area contributed by atoms with E-state index in [1.165, 1.54) is 28.5 Å². The van der Waals surface area contributed by atoms with Gasteiger partial charge in [-0.3, -0.25) is 25.1 Å². The molecule has 1 N–H and O–H groups in total. The van der Waals surface area contributed by atoms with Gasteiger partial charge < -0.3 is 9.47 Å². The van der Waals surface area contributed by atoms with Crippen LogP contribution in [0.1, 0.15) is 32.7 Å². The molecule has 1 aliphatic heterocycles. The number of thiazole rings is 1. The van der Waals surface area contributed by atoms with Crippen LogP contribution in [0.4, 0.5) is 10.8 Å². The molecule has 0 spiro atoms. The SMILES string of the molecule is COc1cc2c(cc1OC)CN(Cc1csc(NC(=O)c3ccc(C)c([N+](=O)[O-])c3)n1)CC2. The van der Waals surface area contributed by atoms with Crippen LogP contribution in [0, 0.1) is 17.0 Å². The molecule has 0 unspecified atom stereocenters. The zero-order chi connectivity index (χ0) is 23.5. The number of fused-ring (bicyclic) bond motifs is 1. The maximum Gasteiger partial charge on any atom is 0.273 e. The molecule has 1 aromatic heterocycles. The third kappa shape index (κ3) is 4.96. The Morgan fingerprint density at radius 2 is 1.94 bits per heavy atom. The highest BCUT2D eigenvalue weighted by atomic mass is 32.1. The second-order valence-electron chi connectivity index (χ2n) is 7.79. The molecule has 0 saturated carbocycles. The van der Waals surface area contributed by atoms with Crippen molar-refractivity contribution in [1.82, 2.24) is 9.88 Å². The number of anilines is 1. The van der Waals surface area contributed by atoms with Crippen molar-refractivity contribution in [2.75, 3.05) is 26.1 Å². The summed E-state index contributed by atoms with van der Waals surface area (Å²) in [6.45, 7) is 3.94. The molecule has 2 heterocycles. The number of nitro benzene ring substituents is 1. The number of carbonyl (C=O) groups excluding carboxylic acids is 1. The normalized spacial score (nSPS) is 13.3. The minimum absolute atomic E-state index is 0.0814. The van der Waals surface area contributed by atoms with E-state index in [2.05, 4.69) is 15.2 Å². The minimum Gasteiger partial charge on any atom is -0.493 e.